The average molecular weight is 555 g/mol. The van der Waals surface area contributed by atoms with E-state index in [4.69, 9.17) is 11.6 Å². The third-order valence-corrected chi connectivity index (χ3v) is 6.68. The zero-order valence-corrected chi connectivity index (χ0v) is 20.9. The van der Waals surface area contributed by atoms with Crippen LogP contribution in [0.1, 0.15) is 16.7 Å². The molecule has 0 unspecified atom stereocenters. The summed E-state index contributed by atoms with van der Waals surface area (Å²) in [7, 11) is -3.99. The van der Waals surface area contributed by atoms with Crippen molar-refractivity contribution in [2.24, 2.45) is 0 Å². The molecule has 0 aromatic heterocycles. The lowest BCUT2D eigenvalue weighted by Crippen LogP contribution is -2.40. The van der Waals surface area contributed by atoms with E-state index in [0.29, 0.717) is 12.1 Å². The Bertz CT molecular complexity index is 1380. The van der Waals surface area contributed by atoms with Gasteiger partial charge in [-0.3, -0.25) is 0 Å². The molecule has 0 radical (unpaired) electrons. The predicted molar refractivity (Wildman–Crippen MR) is 134 cm³/mol. The summed E-state index contributed by atoms with van der Waals surface area (Å²) in [6.07, 6.45) is -4.29. The van der Waals surface area contributed by atoms with Crippen molar-refractivity contribution >= 4 is 45.1 Å². The van der Waals surface area contributed by atoms with Crippen LogP contribution in [-0.4, -0.2) is 27.0 Å². The Morgan fingerprint density at radius 2 is 1.46 bits per heavy atom. The van der Waals surface area contributed by atoms with E-state index in [9.17, 15) is 31.2 Å². The molecule has 8 nitrogen and oxygen atoms in total. The number of rotatable bonds is 7. The normalized spacial score (nSPS) is 11.5. The van der Waals surface area contributed by atoms with E-state index in [1.54, 1.807) is 36.4 Å². The van der Waals surface area contributed by atoms with Gasteiger partial charge < -0.3 is 16.0 Å². The van der Waals surface area contributed by atoms with Crippen LogP contribution in [0.3, 0.4) is 0 Å². The Labute approximate surface area is 216 Å². The van der Waals surface area contributed by atoms with E-state index in [2.05, 4.69) is 16.0 Å². The predicted octanol–water partition coefficient (Wildman–Crippen LogP) is 5.54. The molecule has 0 aliphatic rings. The summed E-state index contributed by atoms with van der Waals surface area (Å²) in [5, 5.41) is 6.80. The van der Waals surface area contributed by atoms with Crippen LogP contribution in [0.5, 0.6) is 0 Å². The van der Waals surface area contributed by atoms with Gasteiger partial charge in [0, 0.05) is 17.9 Å². The van der Waals surface area contributed by atoms with E-state index >= 15 is 0 Å². The van der Waals surface area contributed by atoms with Gasteiger partial charge in [0.1, 0.15) is 0 Å². The lowest BCUT2D eigenvalue weighted by molar-refractivity contribution is -0.137. The third-order valence-electron chi connectivity index (χ3n) is 5.00. The van der Waals surface area contributed by atoms with Crippen LogP contribution in [-0.2, 0) is 22.6 Å². The molecule has 0 atom stereocenters. The summed E-state index contributed by atoms with van der Waals surface area (Å²) in [5.41, 5.74) is 0.888. The van der Waals surface area contributed by atoms with E-state index in [1.165, 1.54) is 18.2 Å². The minimum atomic E-state index is -4.66. The molecule has 0 fully saturated rings. The number of halogens is 4. The van der Waals surface area contributed by atoms with Gasteiger partial charge in [-0.25, -0.2) is 22.7 Å². The zero-order chi connectivity index (χ0) is 27.2. The minimum Gasteiger partial charge on any atom is -0.337 e. The Hall–Kier alpha value is -3.77. The maximum atomic E-state index is 13.0. The summed E-state index contributed by atoms with van der Waals surface area (Å²) < 4.78 is 65.3. The van der Waals surface area contributed by atoms with Crippen molar-refractivity contribution in [3.8, 4) is 0 Å². The first-order valence-corrected chi connectivity index (χ1v) is 12.6. The molecule has 37 heavy (non-hydrogen) atoms. The van der Waals surface area contributed by atoms with Crippen molar-refractivity contribution in [2.75, 3.05) is 17.2 Å². The number of alkyl halides is 3. The van der Waals surface area contributed by atoms with Gasteiger partial charge in [-0.05, 0) is 61.4 Å². The fraction of sp³-hybridized carbons (Fsp3) is 0.167. The second-order valence-corrected chi connectivity index (χ2v) is 9.98. The Balaban J connectivity index is 1.47. The Morgan fingerprint density at radius 3 is 2.08 bits per heavy atom. The van der Waals surface area contributed by atoms with Crippen molar-refractivity contribution in [1.29, 1.82) is 0 Å². The van der Waals surface area contributed by atoms with Gasteiger partial charge >= 0.3 is 18.2 Å². The first-order valence-electron chi connectivity index (χ1n) is 10.7. The summed E-state index contributed by atoms with van der Waals surface area (Å²) in [6.45, 7) is 1.95. The summed E-state index contributed by atoms with van der Waals surface area (Å²) in [4.78, 5) is 24.1. The molecule has 3 rings (SSSR count). The summed E-state index contributed by atoms with van der Waals surface area (Å²) in [6, 6.07) is 13.9. The van der Waals surface area contributed by atoms with Crippen molar-refractivity contribution in [3.05, 3.63) is 88.4 Å². The number of carbonyl (C=O) groups is 2. The van der Waals surface area contributed by atoms with Gasteiger partial charge in [0.15, 0.2) is 0 Å². The van der Waals surface area contributed by atoms with Gasteiger partial charge in [0.2, 0.25) is 0 Å². The molecule has 0 saturated carbocycles. The summed E-state index contributed by atoms with van der Waals surface area (Å²) >= 11 is 5.57. The summed E-state index contributed by atoms with van der Waals surface area (Å²) in [5.74, 6) is 0. The number of benzene rings is 3. The highest BCUT2D eigenvalue weighted by atomic mass is 35.5. The number of aryl methyl sites for hydroxylation is 1. The number of amides is 4. The molecule has 0 bridgehead atoms. The quantitative estimate of drug-likeness (QED) is 0.307. The molecule has 4 amide bonds. The molecule has 3 aromatic rings. The molecule has 3 aromatic carbocycles. The highest BCUT2D eigenvalue weighted by Crippen LogP contribution is 2.36. The molecule has 0 aliphatic heterocycles. The fourth-order valence-electron chi connectivity index (χ4n) is 3.12. The minimum absolute atomic E-state index is 0.0303. The molecule has 0 spiro atoms. The van der Waals surface area contributed by atoms with Gasteiger partial charge in [-0.15, -0.1) is 0 Å². The van der Waals surface area contributed by atoms with Crippen molar-refractivity contribution in [1.82, 2.24) is 10.0 Å². The van der Waals surface area contributed by atoms with Crippen molar-refractivity contribution in [2.45, 2.75) is 24.4 Å². The molecule has 0 heterocycles. The van der Waals surface area contributed by atoms with Crippen LogP contribution in [0.2, 0.25) is 5.02 Å². The number of sulfonamides is 1. The van der Waals surface area contributed by atoms with Crippen molar-refractivity contribution < 1.29 is 31.2 Å². The number of carbonyl (C=O) groups excluding carboxylic acids is 2. The first-order chi connectivity index (χ1) is 17.3. The SMILES string of the molecule is Cc1ccc(S(=O)(=O)NC(=O)NCCc2ccc(NC(=O)Nc3ccc(Cl)c(C(F)(F)F)c3)cc2)cc1. The largest absolute Gasteiger partial charge is 0.417 e. The number of anilines is 2. The highest BCUT2D eigenvalue weighted by Gasteiger charge is 2.33. The second kappa shape index (κ2) is 11.5. The first kappa shape index (κ1) is 27.8. The van der Waals surface area contributed by atoms with Gasteiger partial charge in [0.25, 0.3) is 10.0 Å². The lowest BCUT2D eigenvalue weighted by atomic mass is 10.1. The second-order valence-electron chi connectivity index (χ2n) is 7.89. The smallest absolute Gasteiger partial charge is 0.337 e. The topological polar surface area (TPSA) is 116 Å². The van der Waals surface area contributed by atoms with Crippen molar-refractivity contribution in [3.63, 3.8) is 0 Å². The van der Waals surface area contributed by atoms with Crippen LogP contribution in [0.15, 0.2) is 71.6 Å². The molecular formula is C24H22ClF3N4O4S. The average Bonchev–Trinajstić information content (AvgIpc) is 2.80. The van der Waals surface area contributed by atoms with Crippen LogP contribution >= 0.6 is 11.6 Å². The van der Waals surface area contributed by atoms with Gasteiger partial charge in [0.05, 0.1) is 15.5 Å². The van der Waals surface area contributed by atoms with E-state index in [-0.39, 0.29) is 17.1 Å². The maximum Gasteiger partial charge on any atom is 0.417 e. The van der Waals surface area contributed by atoms with Gasteiger partial charge in [-0.1, -0.05) is 41.4 Å². The van der Waals surface area contributed by atoms with E-state index in [0.717, 1.165) is 23.3 Å². The monoisotopic (exact) mass is 554 g/mol. The fourth-order valence-corrected chi connectivity index (χ4v) is 4.28. The van der Waals surface area contributed by atoms with Crippen LogP contribution in [0.4, 0.5) is 34.1 Å². The Kier molecular flexibility index (Phi) is 8.66. The Morgan fingerprint density at radius 1 is 0.865 bits per heavy atom. The standard InChI is InChI=1S/C24H22ClF3N4O4S/c1-15-2-9-19(10-3-15)37(35,36)32-22(33)29-13-12-16-4-6-17(7-5-16)30-23(34)31-18-8-11-21(25)20(14-18)24(26,27)28/h2-11,14H,12-13H2,1H3,(H2,29,32,33)(H2,30,31,34). The van der Waals surface area contributed by atoms with Crippen LogP contribution in [0, 0.1) is 6.92 Å². The van der Waals surface area contributed by atoms with E-state index in [1.807, 2.05) is 11.6 Å². The number of hydrogen-bond donors (Lipinski definition) is 4. The van der Waals surface area contributed by atoms with Crippen LogP contribution < -0.4 is 20.7 Å². The number of nitrogens with one attached hydrogen (secondary N) is 4. The highest BCUT2D eigenvalue weighted by molar-refractivity contribution is 7.90. The molecule has 196 valence electrons. The van der Waals surface area contributed by atoms with Crippen LogP contribution in [0.25, 0.3) is 0 Å². The lowest BCUT2D eigenvalue weighted by Gasteiger charge is -2.12. The molecule has 4 N–H and O–H groups in total. The molecular weight excluding hydrogens is 533 g/mol. The maximum absolute atomic E-state index is 13.0. The number of hydrogen-bond acceptors (Lipinski definition) is 4. The van der Waals surface area contributed by atoms with E-state index < -0.39 is 38.8 Å². The molecule has 0 saturated heterocycles. The molecule has 0 aliphatic carbocycles. The third kappa shape index (κ3) is 8.12. The number of urea groups is 2. The zero-order valence-electron chi connectivity index (χ0n) is 19.3. The molecule has 13 heteroatoms. The van der Waals surface area contributed by atoms with Gasteiger partial charge in [-0.2, -0.15) is 13.2 Å².